The minimum atomic E-state index is -1.06. The lowest BCUT2D eigenvalue weighted by atomic mass is 10.1. The standard InChI is InChI=1S/C14H17NO4/c1-9-4-2-3-5-10(9)6-13(17)15-8-11(16)7-12(15)14(18)19/h2-5,11-12,16H,6-8H2,1H3,(H,18,19)/t11-,12+/m1/s1. The maximum absolute atomic E-state index is 12.2. The molecule has 1 amide bonds. The van der Waals surface area contributed by atoms with Crippen LogP contribution in [-0.2, 0) is 16.0 Å². The highest BCUT2D eigenvalue weighted by Gasteiger charge is 2.38. The van der Waals surface area contributed by atoms with E-state index >= 15 is 0 Å². The van der Waals surface area contributed by atoms with Crippen LogP contribution < -0.4 is 0 Å². The van der Waals surface area contributed by atoms with Crippen LogP contribution in [-0.4, -0.2) is 45.7 Å². The Labute approximate surface area is 111 Å². The summed E-state index contributed by atoms with van der Waals surface area (Å²) in [6.45, 7) is 2.01. The Morgan fingerprint density at radius 2 is 2.05 bits per heavy atom. The van der Waals surface area contributed by atoms with Gasteiger partial charge < -0.3 is 15.1 Å². The molecule has 102 valence electrons. The number of amides is 1. The molecule has 2 atom stereocenters. The number of aryl methyl sites for hydroxylation is 1. The van der Waals surface area contributed by atoms with Gasteiger partial charge in [0.25, 0.3) is 0 Å². The van der Waals surface area contributed by atoms with E-state index in [9.17, 15) is 14.7 Å². The number of carboxylic acids is 1. The van der Waals surface area contributed by atoms with E-state index in [1.165, 1.54) is 4.90 Å². The Balaban J connectivity index is 2.11. The van der Waals surface area contributed by atoms with Gasteiger partial charge in [-0.1, -0.05) is 24.3 Å². The van der Waals surface area contributed by atoms with E-state index in [1.807, 2.05) is 31.2 Å². The number of hydrogen-bond acceptors (Lipinski definition) is 3. The molecule has 1 heterocycles. The molecule has 0 spiro atoms. The van der Waals surface area contributed by atoms with Crippen molar-refractivity contribution in [3.63, 3.8) is 0 Å². The van der Waals surface area contributed by atoms with Crippen molar-refractivity contribution in [1.82, 2.24) is 4.90 Å². The van der Waals surface area contributed by atoms with Gasteiger partial charge >= 0.3 is 5.97 Å². The molecule has 0 aliphatic carbocycles. The molecule has 5 nitrogen and oxygen atoms in total. The van der Waals surface area contributed by atoms with Gasteiger partial charge in [-0.05, 0) is 18.1 Å². The molecule has 1 fully saturated rings. The van der Waals surface area contributed by atoms with Crippen molar-refractivity contribution in [3.05, 3.63) is 35.4 Å². The van der Waals surface area contributed by atoms with Crippen LogP contribution in [0.2, 0.25) is 0 Å². The Hall–Kier alpha value is -1.88. The second-order valence-corrected chi connectivity index (χ2v) is 4.89. The van der Waals surface area contributed by atoms with Crippen molar-refractivity contribution in [2.24, 2.45) is 0 Å². The third-order valence-electron chi connectivity index (χ3n) is 3.49. The van der Waals surface area contributed by atoms with E-state index in [4.69, 9.17) is 5.11 Å². The average molecular weight is 263 g/mol. The smallest absolute Gasteiger partial charge is 0.326 e. The first-order valence-electron chi connectivity index (χ1n) is 6.24. The quantitative estimate of drug-likeness (QED) is 0.836. The predicted molar refractivity (Wildman–Crippen MR) is 68.6 cm³/mol. The molecule has 1 aliphatic rings. The SMILES string of the molecule is Cc1ccccc1CC(=O)N1C[C@H](O)C[C@H]1C(=O)O. The normalized spacial score (nSPS) is 22.5. The van der Waals surface area contributed by atoms with E-state index in [0.29, 0.717) is 0 Å². The van der Waals surface area contributed by atoms with E-state index in [-0.39, 0.29) is 25.3 Å². The second kappa shape index (κ2) is 5.40. The second-order valence-electron chi connectivity index (χ2n) is 4.89. The number of carbonyl (C=O) groups excluding carboxylic acids is 1. The topological polar surface area (TPSA) is 77.8 Å². The zero-order chi connectivity index (χ0) is 14.0. The predicted octanol–water partition coefficient (Wildman–Crippen LogP) is 0.584. The number of β-amino-alcohol motifs (C(OH)–C–C–N with tert-alkyl or cyclic N) is 1. The molecule has 1 aliphatic heterocycles. The van der Waals surface area contributed by atoms with E-state index in [1.54, 1.807) is 0 Å². The first-order chi connectivity index (χ1) is 8.99. The first kappa shape index (κ1) is 13.5. The number of hydrogen-bond donors (Lipinski definition) is 2. The van der Waals surface area contributed by atoms with Gasteiger partial charge in [-0.15, -0.1) is 0 Å². The van der Waals surface area contributed by atoms with Crippen LogP contribution in [0, 0.1) is 6.92 Å². The van der Waals surface area contributed by atoms with Gasteiger partial charge in [0.15, 0.2) is 0 Å². The number of rotatable bonds is 3. The molecule has 0 radical (unpaired) electrons. The van der Waals surface area contributed by atoms with Crippen LogP contribution in [0.3, 0.4) is 0 Å². The van der Waals surface area contributed by atoms with Crippen molar-refractivity contribution in [1.29, 1.82) is 0 Å². The van der Waals surface area contributed by atoms with Gasteiger partial charge in [-0.2, -0.15) is 0 Å². The molecular weight excluding hydrogens is 246 g/mol. The van der Waals surface area contributed by atoms with Crippen LogP contribution >= 0.6 is 0 Å². The van der Waals surface area contributed by atoms with Crippen LogP contribution in [0.15, 0.2) is 24.3 Å². The Morgan fingerprint density at radius 3 is 2.68 bits per heavy atom. The molecule has 1 aromatic rings. The molecular formula is C14H17NO4. The number of aliphatic carboxylic acids is 1. The number of nitrogens with zero attached hydrogens (tertiary/aromatic N) is 1. The van der Waals surface area contributed by atoms with Gasteiger partial charge in [0.05, 0.1) is 12.5 Å². The zero-order valence-electron chi connectivity index (χ0n) is 10.7. The summed E-state index contributed by atoms with van der Waals surface area (Å²) >= 11 is 0. The van der Waals surface area contributed by atoms with Crippen molar-refractivity contribution in [2.45, 2.75) is 31.9 Å². The maximum atomic E-state index is 12.2. The molecule has 5 heteroatoms. The maximum Gasteiger partial charge on any atom is 0.326 e. The van der Waals surface area contributed by atoms with Crippen LogP contribution in [0.5, 0.6) is 0 Å². The van der Waals surface area contributed by atoms with Crippen molar-refractivity contribution in [3.8, 4) is 0 Å². The molecule has 1 saturated heterocycles. The van der Waals surface area contributed by atoms with Crippen LogP contribution in [0.4, 0.5) is 0 Å². The summed E-state index contributed by atoms with van der Waals surface area (Å²) in [5.74, 6) is -1.31. The number of aliphatic hydroxyl groups is 1. The van der Waals surface area contributed by atoms with E-state index < -0.39 is 18.1 Å². The molecule has 0 unspecified atom stereocenters. The summed E-state index contributed by atoms with van der Waals surface area (Å²) in [4.78, 5) is 24.5. The van der Waals surface area contributed by atoms with Crippen molar-refractivity contribution < 1.29 is 19.8 Å². The summed E-state index contributed by atoms with van der Waals surface area (Å²) in [6.07, 6.45) is -0.472. The number of carbonyl (C=O) groups is 2. The summed E-state index contributed by atoms with van der Waals surface area (Å²) < 4.78 is 0. The van der Waals surface area contributed by atoms with Crippen LogP contribution in [0.1, 0.15) is 17.5 Å². The number of carboxylic acid groups (broad SMARTS) is 1. The highest BCUT2D eigenvalue weighted by atomic mass is 16.4. The van der Waals surface area contributed by atoms with E-state index in [2.05, 4.69) is 0 Å². The lowest BCUT2D eigenvalue weighted by molar-refractivity contribution is -0.148. The van der Waals surface area contributed by atoms with Gasteiger partial charge in [0.1, 0.15) is 6.04 Å². The summed E-state index contributed by atoms with van der Waals surface area (Å²) in [7, 11) is 0. The fourth-order valence-corrected chi connectivity index (χ4v) is 2.40. The Bertz CT molecular complexity index is 500. The number of aliphatic hydroxyl groups excluding tert-OH is 1. The average Bonchev–Trinajstić information content (AvgIpc) is 2.74. The molecule has 0 aromatic heterocycles. The molecule has 0 saturated carbocycles. The molecule has 2 N–H and O–H groups in total. The van der Waals surface area contributed by atoms with Crippen LogP contribution in [0.25, 0.3) is 0 Å². The molecule has 2 rings (SSSR count). The third-order valence-corrected chi connectivity index (χ3v) is 3.49. The number of likely N-dealkylation sites (tertiary alicyclic amines) is 1. The van der Waals surface area contributed by atoms with Crippen molar-refractivity contribution >= 4 is 11.9 Å². The first-order valence-corrected chi connectivity index (χ1v) is 6.24. The highest BCUT2D eigenvalue weighted by Crippen LogP contribution is 2.20. The van der Waals surface area contributed by atoms with E-state index in [0.717, 1.165) is 11.1 Å². The summed E-state index contributed by atoms with van der Waals surface area (Å²) in [5.41, 5.74) is 1.89. The summed E-state index contributed by atoms with van der Waals surface area (Å²) in [6, 6.07) is 6.60. The van der Waals surface area contributed by atoms with Gasteiger partial charge in [0, 0.05) is 13.0 Å². The lowest BCUT2D eigenvalue weighted by Crippen LogP contribution is -2.41. The molecule has 0 bridgehead atoms. The minimum absolute atomic E-state index is 0.0989. The fourth-order valence-electron chi connectivity index (χ4n) is 2.40. The zero-order valence-corrected chi connectivity index (χ0v) is 10.7. The van der Waals surface area contributed by atoms with Crippen molar-refractivity contribution in [2.75, 3.05) is 6.54 Å². The number of benzene rings is 1. The Kier molecular flexibility index (Phi) is 3.85. The fraction of sp³-hybridized carbons (Fsp3) is 0.429. The lowest BCUT2D eigenvalue weighted by Gasteiger charge is -2.21. The van der Waals surface area contributed by atoms with Gasteiger partial charge in [-0.25, -0.2) is 4.79 Å². The largest absolute Gasteiger partial charge is 0.480 e. The van der Waals surface area contributed by atoms with Gasteiger partial charge in [-0.3, -0.25) is 4.79 Å². The Morgan fingerprint density at radius 1 is 1.37 bits per heavy atom. The minimum Gasteiger partial charge on any atom is -0.480 e. The van der Waals surface area contributed by atoms with Gasteiger partial charge in [0.2, 0.25) is 5.91 Å². The summed E-state index contributed by atoms with van der Waals surface area (Å²) in [5, 5.41) is 18.6. The molecule has 1 aromatic carbocycles. The molecule has 19 heavy (non-hydrogen) atoms. The third kappa shape index (κ3) is 2.93. The highest BCUT2D eigenvalue weighted by molar-refractivity contribution is 5.85. The monoisotopic (exact) mass is 263 g/mol.